The van der Waals surface area contributed by atoms with Gasteiger partial charge in [0.2, 0.25) is 0 Å². The zero-order chi connectivity index (χ0) is 15.8. The van der Waals surface area contributed by atoms with Crippen molar-refractivity contribution in [1.29, 1.82) is 0 Å². The number of para-hydroxylation sites is 2. The maximum absolute atomic E-state index is 10.1. The SMILES string of the molecule is CCCCCCCc1ccc(Oc2ccccc2O)c(O)c1. The Balaban J connectivity index is 1.93. The molecule has 0 spiro atoms. The molecule has 2 aromatic rings. The van der Waals surface area contributed by atoms with E-state index in [1.165, 1.54) is 25.7 Å². The lowest BCUT2D eigenvalue weighted by molar-refractivity contribution is 0.385. The number of benzene rings is 2. The quantitative estimate of drug-likeness (QED) is 0.641. The first kappa shape index (κ1) is 16.2. The van der Waals surface area contributed by atoms with Gasteiger partial charge in [0.25, 0.3) is 0 Å². The predicted octanol–water partition coefficient (Wildman–Crippen LogP) is 5.40. The van der Waals surface area contributed by atoms with Crippen molar-refractivity contribution < 1.29 is 14.9 Å². The number of rotatable bonds is 8. The van der Waals surface area contributed by atoms with Crippen LogP contribution in [0, 0.1) is 0 Å². The molecule has 3 nitrogen and oxygen atoms in total. The van der Waals surface area contributed by atoms with Crippen LogP contribution in [0.5, 0.6) is 23.0 Å². The summed E-state index contributed by atoms with van der Waals surface area (Å²) in [4.78, 5) is 0. The number of aromatic hydroxyl groups is 2. The molecule has 0 saturated heterocycles. The van der Waals surface area contributed by atoms with E-state index in [0.29, 0.717) is 11.5 Å². The van der Waals surface area contributed by atoms with Crippen LogP contribution >= 0.6 is 0 Å². The van der Waals surface area contributed by atoms with Crippen molar-refractivity contribution in [2.75, 3.05) is 0 Å². The van der Waals surface area contributed by atoms with Gasteiger partial charge in [-0.15, -0.1) is 0 Å². The highest BCUT2D eigenvalue weighted by molar-refractivity contribution is 5.47. The normalized spacial score (nSPS) is 10.6. The van der Waals surface area contributed by atoms with Gasteiger partial charge in [-0.1, -0.05) is 50.8 Å². The molecule has 0 radical (unpaired) electrons. The summed E-state index contributed by atoms with van der Waals surface area (Å²) in [6, 6.07) is 12.2. The lowest BCUT2D eigenvalue weighted by Gasteiger charge is -2.10. The van der Waals surface area contributed by atoms with E-state index in [4.69, 9.17) is 4.74 Å². The van der Waals surface area contributed by atoms with Crippen molar-refractivity contribution in [1.82, 2.24) is 0 Å². The molecular formula is C19H24O3. The van der Waals surface area contributed by atoms with Gasteiger partial charge in [0, 0.05) is 0 Å². The molecule has 0 aromatic heterocycles. The van der Waals surface area contributed by atoms with Gasteiger partial charge < -0.3 is 14.9 Å². The van der Waals surface area contributed by atoms with Gasteiger partial charge in [0.05, 0.1) is 0 Å². The highest BCUT2D eigenvalue weighted by atomic mass is 16.5. The van der Waals surface area contributed by atoms with Crippen molar-refractivity contribution in [3.05, 3.63) is 48.0 Å². The Kier molecular flexibility index (Phi) is 6.13. The number of hydrogen-bond donors (Lipinski definition) is 2. The maximum atomic E-state index is 10.1. The van der Waals surface area contributed by atoms with E-state index in [0.717, 1.165) is 18.4 Å². The molecule has 0 bridgehead atoms. The van der Waals surface area contributed by atoms with E-state index in [1.54, 1.807) is 36.4 Å². The molecule has 0 amide bonds. The average Bonchev–Trinajstić information content (AvgIpc) is 2.51. The number of unbranched alkanes of at least 4 members (excludes halogenated alkanes) is 4. The van der Waals surface area contributed by atoms with Crippen molar-refractivity contribution >= 4 is 0 Å². The van der Waals surface area contributed by atoms with Gasteiger partial charge in [0.1, 0.15) is 0 Å². The Morgan fingerprint density at radius 3 is 2.27 bits per heavy atom. The highest BCUT2D eigenvalue weighted by Crippen LogP contribution is 2.35. The molecule has 2 aromatic carbocycles. The molecule has 2 N–H and O–H groups in total. The second-order valence-electron chi connectivity index (χ2n) is 5.54. The van der Waals surface area contributed by atoms with Crippen LogP contribution in [0.4, 0.5) is 0 Å². The van der Waals surface area contributed by atoms with Crippen molar-refractivity contribution in [3.8, 4) is 23.0 Å². The Labute approximate surface area is 132 Å². The molecule has 0 unspecified atom stereocenters. The molecule has 118 valence electrons. The minimum absolute atomic E-state index is 0.0573. The molecular weight excluding hydrogens is 276 g/mol. The van der Waals surface area contributed by atoms with Gasteiger partial charge >= 0.3 is 0 Å². The lowest BCUT2D eigenvalue weighted by Crippen LogP contribution is -1.89. The number of phenols is 2. The molecule has 0 aliphatic heterocycles. The van der Waals surface area contributed by atoms with E-state index in [-0.39, 0.29) is 11.5 Å². The fourth-order valence-corrected chi connectivity index (χ4v) is 2.40. The van der Waals surface area contributed by atoms with E-state index in [9.17, 15) is 10.2 Å². The predicted molar refractivity (Wildman–Crippen MR) is 88.8 cm³/mol. The maximum Gasteiger partial charge on any atom is 0.169 e. The first-order valence-electron chi connectivity index (χ1n) is 7.98. The van der Waals surface area contributed by atoms with Crippen LogP contribution in [0.3, 0.4) is 0 Å². The standard InChI is InChI=1S/C19H24O3/c1-2-3-4-5-6-9-15-12-13-19(17(21)14-15)22-18-11-8-7-10-16(18)20/h7-8,10-14,20-21H,2-6,9H2,1H3. The summed E-state index contributed by atoms with van der Waals surface area (Å²) in [5.74, 6) is 0.859. The van der Waals surface area contributed by atoms with Gasteiger partial charge in [-0.25, -0.2) is 0 Å². The zero-order valence-electron chi connectivity index (χ0n) is 13.1. The minimum Gasteiger partial charge on any atom is -0.504 e. The van der Waals surface area contributed by atoms with Crippen LogP contribution in [0.2, 0.25) is 0 Å². The number of phenolic OH excluding ortho intramolecular Hbond substituents is 2. The summed E-state index contributed by atoms with van der Waals surface area (Å²) >= 11 is 0. The van der Waals surface area contributed by atoms with Gasteiger partial charge in [-0.2, -0.15) is 0 Å². The second-order valence-corrected chi connectivity index (χ2v) is 5.54. The third-order valence-corrected chi connectivity index (χ3v) is 3.68. The number of ether oxygens (including phenoxy) is 1. The topological polar surface area (TPSA) is 49.7 Å². The molecule has 0 fully saturated rings. The van der Waals surface area contributed by atoms with Gasteiger partial charge in [-0.05, 0) is 42.7 Å². The van der Waals surface area contributed by atoms with Crippen LogP contribution < -0.4 is 4.74 Å². The summed E-state index contributed by atoms with van der Waals surface area (Å²) in [5, 5.41) is 19.8. The minimum atomic E-state index is 0.0573. The van der Waals surface area contributed by atoms with Crippen LogP contribution in [-0.4, -0.2) is 10.2 Å². The molecule has 3 heteroatoms. The van der Waals surface area contributed by atoms with E-state index >= 15 is 0 Å². The monoisotopic (exact) mass is 300 g/mol. The molecule has 0 heterocycles. The molecule has 0 aliphatic carbocycles. The average molecular weight is 300 g/mol. The van der Waals surface area contributed by atoms with E-state index in [1.807, 2.05) is 6.07 Å². The van der Waals surface area contributed by atoms with Crippen LogP contribution in [0.25, 0.3) is 0 Å². The Morgan fingerprint density at radius 1 is 0.818 bits per heavy atom. The van der Waals surface area contributed by atoms with Crippen LogP contribution in [0.15, 0.2) is 42.5 Å². The summed E-state index contributed by atoms with van der Waals surface area (Å²) in [7, 11) is 0. The number of aryl methyl sites for hydroxylation is 1. The first-order chi connectivity index (χ1) is 10.7. The fourth-order valence-electron chi connectivity index (χ4n) is 2.40. The van der Waals surface area contributed by atoms with Gasteiger partial charge in [0.15, 0.2) is 23.0 Å². The van der Waals surface area contributed by atoms with Gasteiger partial charge in [-0.3, -0.25) is 0 Å². The van der Waals surface area contributed by atoms with Crippen molar-refractivity contribution in [3.63, 3.8) is 0 Å². The molecule has 22 heavy (non-hydrogen) atoms. The van der Waals surface area contributed by atoms with Crippen LogP contribution in [0.1, 0.15) is 44.6 Å². The van der Waals surface area contributed by atoms with Crippen molar-refractivity contribution in [2.45, 2.75) is 45.4 Å². The van der Waals surface area contributed by atoms with Crippen molar-refractivity contribution in [2.24, 2.45) is 0 Å². The Bertz CT molecular complexity index is 593. The highest BCUT2D eigenvalue weighted by Gasteiger charge is 2.08. The van der Waals surface area contributed by atoms with E-state index < -0.39 is 0 Å². The number of hydrogen-bond acceptors (Lipinski definition) is 3. The summed E-state index contributed by atoms with van der Waals surface area (Å²) in [5.41, 5.74) is 1.11. The largest absolute Gasteiger partial charge is 0.504 e. The summed E-state index contributed by atoms with van der Waals surface area (Å²) in [6.07, 6.45) is 7.15. The molecule has 0 aliphatic rings. The Hall–Kier alpha value is -2.16. The first-order valence-corrected chi connectivity index (χ1v) is 7.98. The fraction of sp³-hybridized carbons (Fsp3) is 0.368. The van der Waals surface area contributed by atoms with E-state index in [2.05, 4.69) is 6.92 Å². The molecule has 0 saturated carbocycles. The lowest BCUT2D eigenvalue weighted by atomic mass is 10.1. The third-order valence-electron chi connectivity index (χ3n) is 3.68. The molecule has 2 rings (SSSR count). The summed E-state index contributed by atoms with van der Waals surface area (Å²) < 4.78 is 5.55. The zero-order valence-corrected chi connectivity index (χ0v) is 13.1. The summed E-state index contributed by atoms with van der Waals surface area (Å²) in [6.45, 7) is 2.21. The Morgan fingerprint density at radius 2 is 1.55 bits per heavy atom. The van der Waals surface area contributed by atoms with Crippen LogP contribution in [-0.2, 0) is 6.42 Å². The third kappa shape index (κ3) is 4.69. The smallest absolute Gasteiger partial charge is 0.169 e. The second kappa shape index (κ2) is 8.32. The molecule has 0 atom stereocenters.